The number of likely N-dealkylation sites (tertiary alicyclic amines) is 1. The van der Waals surface area contributed by atoms with Crippen molar-refractivity contribution in [1.82, 2.24) is 20.4 Å². The van der Waals surface area contributed by atoms with Crippen molar-refractivity contribution in [3.8, 4) is 0 Å². The van der Waals surface area contributed by atoms with E-state index < -0.39 is 0 Å². The Morgan fingerprint density at radius 3 is 1.77 bits per heavy atom. The highest BCUT2D eigenvalue weighted by molar-refractivity contribution is 14.0. The van der Waals surface area contributed by atoms with Gasteiger partial charge in [0.25, 0.3) is 0 Å². The van der Waals surface area contributed by atoms with Crippen LogP contribution >= 0.6 is 24.0 Å². The number of aliphatic imine (C=N–C) groups is 1. The SMILES string of the molecule is CN=C(NCc1ccc(CN(C)C)cc1)NCc1ccc(CN2CCCC2)cc1.I. The van der Waals surface area contributed by atoms with E-state index in [2.05, 4.69) is 88.1 Å². The number of benzene rings is 2. The van der Waals surface area contributed by atoms with Crippen LogP contribution in [-0.4, -0.2) is 50.0 Å². The molecular formula is C24H36IN5. The molecule has 0 unspecified atom stereocenters. The Hall–Kier alpha value is -1.64. The molecule has 0 bridgehead atoms. The lowest BCUT2D eigenvalue weighted by Gasteiger charge is -2.15. The molecule has 0 aromatic heterocycles. The molecule has 0 amide bonds. The van der Waals surface area contributed by atoms with E-state index in [0.29, 0.717) is 0 Å². The lowest BCUT2D eigenvalue weighted by Crippen LogP contribution is -2.36. The van der Waals surface area contributed by atoms with Crippen LogP contribution in [0.15, 0.2) is 53.5 Å². The summed E-state index contributed by atoms with van der Waals surface area (Å²) in [6.45, 7) is 6.05. The average Bonchev–Trinajstić information content (AvgIpc) is 3.23. The van der Waals surface area contributed by atoms with Gasteiger partial charge >= 0.3 is 0 Å². The van der Waals surface area contributed by atoms with Crippen LogP contribution in [-0.2, 0) is 26.2 Å². The highest BCUT2D eigenvalue weighted by Gasteiger charge is 2.11. The maximum absolute atomic E-state index is 4.34. The summed E-state index contributed by atoms with van der Waals surface area (Å²) in [4.78, 5) is 9.05. The smallest absolute Gasteiger partial charge is 0.191 e. The maximum Gasteiger partial charge on any atom is 0.191 e. The van der Waals surface area contributed by atoms with Gasteiger partial charge < -0.3 is 15.5 Å². The zero-order valence-electron chi connectivity index (χ0n) is 18.5. The minimum absolute atomic E-state index is 0. The van der Waals surface area contributed by atoms with E-state index in [1.165, 1.54) is 48.2 Å². The van der Waals surface area contributed by atoms with E-state index >= 15 is 0 Å². The van der Waals surface area contributed by atoms with Crippen molar-refractivity contribution in [3.63, 3.8) is 0 Å². The second kappa shape index (κ2) is 12.9. The van der Waals surface area contributed by atoms with Crippen LogP contribution in [0.5, 0.6) is 0 Å². The summed E-state index contributed by atoms with van der Waals surface area (Å²) in [5.74, 6) is 0.823. The molecule has 6 heteroatoms. The first-order valence-corrected chi connectivity index (χ1v) is 10.6. The average molecular weight is 521 g/mol. The Balaban J connectivity index is 0.00000320. The van der Waals surface area contributed by atoms with Gasteiger partial charge in [0, 0.05) is 33.2 Å². The fraction of sp³-hybridized carbons (Fsp3) is 0.458. The number of rotatable bonds is 8. The molecule has 1 heterocycles. The molecule has 1 saturated heterocycles. The van der Waals surface area contributed by atoms with Crippen molar-refractivity contribution in [2.24, 2.45) is 4.99 Å². The van der Waals surface area contributed by atoms with E-state index in [4.69, 9.17) is 0 Å². The highest BCUT2D eigenvalue weighted by Crippen LogP contribution is 2.13. The third-order valence-corrected chi connectivity index (χ3v) is 5.29. The van der Waals surface area contributed by atoms with Gasteiger partial charge in [-0.3, -0.25) is 9.89 Å². The zero-order chi connectivity index (χ0) is 20.5. The molecular weight excluding hydrogens is 485 g/mol. The van der Waals surface area contributed by atoms with Crippen LogP contribution in [0, 0.1) is 0 Å². The summed E-state index contributed by atoms with van der Waals surface area (Å²) in [6, 6.07) is 17.7. The number of hydrogen-bond acceptors (Lipinski definition) is 3. The van der Waals surface area contributed by atoms with E-state index in [0.717, 1.165) is 32.1 Å². The summed E-state index contributed by atoms with van der Waals surface area (Å²) >= 11 is 0. The Bertz CT molecular complexity index is 765. The molecule has 5 nitrogen and oxygen atoms in total. The van der Waals surface area contributed by atoms with Crippen LogP contribution in [0.1, 0.15) is 35.1 Å². The van der Waals surface area contributed by atoms with E-state index in [1.807, 2.05) is 7.05 Å². The van der Waals surface area contributed by atoms with Crippen LogP contribution in [0.25, 0.3) is 0 Å². The molecule has 1 fully saturated rings. The van der Waals surface area contributed by atoms with Crippen LogP contribution in [0.3, 0.4) is 0 Å². The molecule has 0 radical (unpaired) electrons. The van der Waals surface area contributed by atoms with Crippen molar-refractivity contribution in [2.75, 3.05) is 34.2 Å². The summed E-state index contributed by atoms with van der Waals surface area (Å²) in [5, 5.41) is 6.81. The van der Waals surface area contributed by atoms with Gasteiger partial charge in [-0.05, 0) is 62.3 Å². The van der Waals surface area contributed by atoms with Gasteiger partial charge in [-0.15, -0.1) is 24.0 Å². The standard InChI is InChI=1S/C24H35N5.HI/c1-25-24(26-16-20-6-10-22(11-7-20)18-28(2)3)27-17-21-8-12-23(13-9-21)19-29-14-4-5-15-29;/h6-13H,4-5,14-19H2,1-3H3,(H2,25,26,27);1H. The van der Waals surface area contributed by atoms with Crippen LogP contribution in [0.4, 0.5) is 0 Å². The van der Waals surface area contributed by atoms with Crippen molar-refractivity contribution >= 4 is 29.9 Å². The second-order valence-corrected chi connectivity index (χ2v) is 8.13. The molecule has 3 rings (SSSR count). The molecule has 0 atom stereocenters. The van der Waals surface area contributed by atoms with Gasteiger partial charge in [0.05, 0.1) is 0 Å². The third-order valence-electron chi connectivity index (χ3n) is 5.29. The van der Waals surface area contributed by atoms with Crippen LogP contribution in [0.2, 0.25) is 0 Å². The van der Waals surface area contributed by atoms with E-state index in [9.17, 15) is 0 Å². The Labute approximate surface area is 199 Å². The van der Waals surface area contributed by atoms with Gasteiger partial charge in [0.15, 0.2) is 5.96 Å². The molecule has 0 saturated carbocycles. The number of hydrogen-bond donors (Lipinski definition) is 2. The summed E-state index contributed by atoms with van der Waals surface area (Å²) in [7, 11) is 5.99. The topological polar surface area (TPSA) is 42.9 Å². The fourth-order valence-corrected chi connectivity index (χ4v) is 3.68. The molecule has 0 aliphatic carbocycles. The summed E-state index contributed by atoms with van der Waals surface area (Å²) in [5.41, 5.74) is 5.25. The number of nitrogens with one attached hydrogen (secondary N) is 2. The lowest BCUT2D eigenvalue weighted by molar-refractivity contribution is 0.331. The largest absolute Gasteiger partial charge is 0.352 e. The minimum Gasteiger partial charge on any atom is -0.352 e. The normalized spacial score (nSPS) is 14.6. The first kappa shape index (κ1) is 24.6. The molecule has 30 heavy (non-hydrogen) atoms. The first-order chi connectivity index (χ1) is 14.1. The van der Waals surface area contributed by atoms with Crippen LogP contribution < -0.4 is 10.6 Å². The summed E-state index contributed by atoms with van der Waals surface area (Å²) in [6.07, 6.45) is 2.68. The van der Waals surface area contributed by atoms with Crippen molar-refractivity contribution < 1.29 is 0 Å². The van der Waals surface area contributed by atoms with E-state index in [1.54, 1.807) is 0 Å². The van der Waals surface area contributed by atoms with Crippen molar-refractivity contribution in [1.29, 1.82) is 0 Å². The predicted octanol–water partition coefficient (Wildman–Crippen LogP) is 3.83. The molecule has 2 aromatic rings. The molecule has 2 aromatic carbocycles. The monoisotopic (exact) mass is 521 g/mol. The predicted molar refractivity (Wildman–Crippen MR) is 137 cm³/mol. The quantitative estimate of drug-likeness (QED) is 0.315. The fourth-order valence-electron chi connectivity index (χ4n) is 3.68. The van der Waals surface area contributed by atoms with Gasteiger partial charge in [0.2, 0.25) is 0 Å². The highest BCUT2D eigenvalue weighted by atomic mass is 127. The lowest BCUT2D eigenvalue weighted by atomic mass is 10.1. The van der Waals surface area contributed by atoms with E-state index in [-0.39, 0.29) is 24.0 Å². The van der Waals surface area contributed by atoms with Gasteiger partial charge in [-0.25, -0.2) is 0 Å². The Kier molecular flexibility index (Phi) is 10.6. The molecule has 1 aliphatic heterocycles. The van der Waals surface area contributed by atoms with Gasteiger partial charge in [-0.1, -0.05) is 48.5 Å². The number of nitrogens with zero attached hydrogens (tertiary/aromatic N) is 3. The van der Waals surface area contributed by atoms with Gasteiger partial charge in [-0.2, -0.15) is 0 Å². The van der Waals surface area contributed by atoms with Crippen molar-refractivity contribution in [2.45, 2.75) is 39.0 Å². The zero-order valence-corrected chi connectivity index (χ0v) is 20.9. The molecule has 0 spiro atoms. The first-order valence-electron chi connectivity index (χ1n) is 10.6. The summed E-state index contributed by atoms with van der Waals surface area (Å²) < 4.78 is 0. The Morgan fingerprint density at radius 1 is 0.833 bits per heavy atom. The molecule has 1 aliphatic rings. The van der Waals surface area contributed by atoms with Gasteiger partial charge in [0.1, 0.15) is 0 Å². The number of halogens is 1. The Morgan fingerprint density at radius 2 is 1.30 bits per heavy atom. The second-order valence-electron chi connectivity index (χ2n) is 8.13. The third kappa shape index (κ3) is 8.24. The number of guanidine groups is 1. The van der Waals surface area contributed by atoms with Crippen molar-refractivity contribution in [3.05, 3.63) is 70.8 Å². The molecule has 164 valence electrons. The maximum atomic E-state index is 4.34. The molecule has 2 N–H and O–H groups in total. The minimum atomic E-state index is 0.